The van der Waals surface area contributed by atoms with Crippen LogP contribution in [-0.2, 0) is 9.47 Å². The van der Waals surface area contributed by atoms with Gasteiger partial charge in [-0.25, -0.2) is 0 Å². The SMILES string of the molecule is CC(C)Oc1ccccc1Nc1ccnc(C(=O)N2CCC3(CC2)OCCO3)c1. The fourth-order valence-electron chi connectivity index (χ4n) is 3.71. The van der Waals surface area contributed by atoms with Gasteiger partial charge < -0.3 is 24.4 Å². The Kier molecular flexibility index (Phi) is 5.69. The number of hydrogen-bond acceptors (Lipinski definition) is 6. The fraction of sp³-hybridized carbons (Fsp3) is 0.455. The minimum absolute atomic E-state index is 0.0720. The average molecular weight is 397 g/mol. The summed E-state index contributed by atoms with van der Waals surface area (Å²) in [4.78, 5) is 19.1. The topological polar surface area (TPSA) is 72.9 Å². The van der Waals surface area contributed by atoms with E-state index in [1.807, 2.05) is 49.1 Å². The molecule has 154 valence electrons. The maximum absolute atomic E-state index is 12.9. The van der Waals surface area contributed by atoms with Crippen molar-refractivity contribution in [3.63, 3.8) is 0 Å². The average Bonchev–Trinajstić information content (AvgIpc) is 3.17. The monoisotopic (exact) mass is 397 g/mol. The maximum Gasteiger partial charge on any atom is 0.272 e. The van der Waals surface area contributed by atoms with E-state index in [9.17, 15) is 4.79 Å². The van der Waals surface area contributed by atoms with Gasteiger partial charge in [-0.1, -0.05) is 12.1 Å². The second-order valence-electron chi connectivity index (χ2n) is 7.62. The van der Waals surface area contributed by atoms with Crippen LogP contribution < -0.4 is 10.1 Å². The number of anilines is 2. The van der Waals surface area contributed by atoms with Gasteiger partial charge in [-0.05, 0) is 38.1 Å². The molecule has 0 saturated carbocycles. The number of carbonyl (C=O) groups excluding carboxylic acids is 1. The van der Waals surface area contributed by atoms with E-state index < -0.39 is 5.79 Å². The van der Waals surface area contributed by atoms with Crippen LogP contribution >= 0.6 is 0 Å². The summed E-state index contributed by atoms with van der Waals surface area (Å²) in [6.07, 6.45) is 3.10. The van der Waals surface area contributed by atoms with Crippen LogP contribution in [0.1, 0.15) is 37.2 Å². The van der Waals surface area contributed by atoms with E-state index >= 15 is 0 Å². The van der Waals surface area contributed by atoms with E-state index in [1.165, 1.54) is 0 Å². The van der Waals surface area contributed by atoms with Crippen LogP contribution in [0.2, 0.25) is 0 Å². The molecule has 1 N–H and O–H groups in total. The molecule has 2 fully saturated rings. The van der Waals surface area contributed by atoms with Crippen LogP contribution in [0.15, 0.2) is 42.6 Å². The summed E-state index contributed by atoms with van der Waals surface area (Å²) in [6, 6.07) is 11.4. The van der Waals surface area contributed by atoms with Crippen molar-refractivity contribution in [1.82, 2.24) is 9.88 Å². The molecule has 1 amide bonds. The van der Waals surface area contributed by atoms with Gasteiger partial charge in [-0.3, -0.25) is 9.78 Å². The van der Waals surface area contributed by atoms with Crippen molar-refractivity contribution < 1.29 is 19.0 Å². The molecule has 3 heterocycles. The lowest BCUT2D eigenvalue weighted by atomic mass is 10.0. The number of rotatable bonds is 5. The third-order valence-electron chi connectivity index (χ3n) is 5.13. The molecule has 0 bridgehead atoms. The van der Waals surface area contributed by atoms with Crippen molar-refractivity contribution in [2.75, 3.05) is 31.6 Å². The lowest BCUT2D eigenvalue weighted by Gasteiger charge is -2.37. The Bertz CT molecular complexity index is 855. The molecular weight excluding hydrogens is 370 g/mol. The third-order valence-corrected chi connectivity index (χ3v) is 5.13. The molecule has 4 rings (SSSR count). The number of nitrogens with one attached hydrogen (secondary N) is 1. The van der Waals surface area contributed by atoms with E-state index in [-0.39, 0.29) is 12.0 Å². The molecule has 2 aromatic rings. The van der Waals surface area contributed by atoms with Crippen molar-refractivity contribution in [3.05, 3.63) is 48.3 Å². The number of pyridine rings is 1. The normalized spacial score (nSPS) is 18.2. The number of nitrogens with zero attached hydrogens (tertiary/aromatic N) is 2. The highest BCUT2D eigenvalue weighted by atomic mass is 16.7. The molecule has 0 atom stereocenters. The summed E-state index contributed by atoms with van der Waals surface area (Å²) in [6.45, 7) is 6.44. The van der Waals surface area contributed by atoms with Crippen LogP contribution in [-0.4, -0.2) is 54.0 Å². The highest BCUT2D eigenvalue weighted by molar-refractivity contribution is 5.93. The summed E-state index contributed by atoms with van der Waals surface area (Å²) in [5, 5.41) is 3.34. The third kappa shape index (κ3) is 4.52. The molecular formula is C22H27N3O4. The first-order valence-corrected chi connectivity index (χ1v) is 10.1. The summed E-state index contributed by atoms with van der Waals surface area (Å²) >= 11 is 0. The van der Waals surface area contributed by atoms with Crippen LogP contribution in [0, 0.1) is 0 Å². The molecule has 7 heteroatoms. The molecule has 2 saturated heterocycles. The number of carbonyl (C=O) groups is 1. The van der Waals surface area contributed by atoms with E-state index in [1.54, 1.807) is 12.3 Å². The number of piperidine rings is 1. The maximum atomic E-state index is 12.9. The Morgan fingerprint density at radius 3 is 2.62 bits per heavy atom. The number of para-hydroxylation sites is 2. The standard InChI is InChI=1S/C22H27N3O4/c1-16(2)29-20-6-4-3-5-18(20)24-17-7-10-23-19(15-17)21(26)25-11-8-22(9-12-25)27-13-14-28-22/h3-7,10,15-16H,8-9,11-14H2,1-2H3,(H,23,24). The summed E-state index contributed by atoms with van der Waals surface area (Å²) in [5.74, 6) is 0.201. The highest BCUT2D eigenvalue weighted by Gasteiger charge is 2.41. The minimum Gasteiger partial charge on any atom is -0.489 e. The second-order valence-corrected chi connectivity index (χ2v) is 7.62. The van der Waals surface area contributed by atoms with Gasteiger partial charge in [0.25, 0.3) is 5.91 Å². The van der Waals surface area contributed by atoms with Crippen molar-refractivity contribution >= 4 is 17.3 Å². The second kappa shape index (κ2) is 8.39. The van der Waals surface area contributed by atoms with Gasteiger partial charge in [-0.15, -0.1) is 0 Å². The molecule has 0 aliphatic carbocycles. The molecule has 1 aromatic carbocycles. The molecule has 0 radical (unpaired) electrons. The van der Waals surface area contributed by atoms with Gasteiger partial charge >= 0.3 is 0 Å². The van der Waals surface area contributed by atoms with Crippen molar-refractivity contribution in [1.29, 1.82) is 0 Å². The quantitative estimate of drug-likeness (QED) is 0.831. The molecule has 29 heavy (non-hydrogen) atoms. The molecule has 2 aliphatic rings. The van der Waals surface area contributed by atoms with Crippen molar-refractivity contribution in [3.8, 4) is 5.75 Å². The Hall–Kier alpha value is -2.64. The van der Waals surface area contributed by atoms with Crippen LogP contribution in [0.4, 0.5) is 11.4 Å². The largest absolute Gasteiger partial charge is 0.489 e. The van der Waals surface area contributed by atoms with Gasteiger partial charge in [0.15, 0.2) is 5.79 Å². The molecule has 1 aromatic heterocycles. The van der Waals surface area contributed by atoms with Gasteiger partial charge in [0, 0.05) is 37.8 Å². The molecule has 0 unspecified atom stereocenters. The molecule has 2 aliphatic heterocycles. The lowest BCUT2D eigenvalue weighted by molar-refractivity contribution is -0.181. The number of likely N-dealkylation sites (tertiary alicyclic amines) is 1. The number of ether oxygens (including phenoxy) is 3. The van der Waals surface area contributed by atoms with E-state index in [2.05, 4.69) is 10.3 Å². The van der Waals surface area contributed by atoms with Crippen LogP contribution in [0.3, 0.4) is 0 Å². The number of hydrogen-bond donors (Lipinski definition) is 1. The predicted octanol–water partition coefficient (Wildman–Crippen LogP) is 3.59. The Labute approximate surface area is 171 Å². The zero-order valence-corrected chi connectivity index (χ0v) is 16.9. The van der Waals surface area contributed by atoms with Crippen molar-refractivity contribution in [2.24, 2.45) is 0 Å². The van der Waals surface area contributed by atoms with E-state index in [0.717, 1.165) is 17.1 Å². The Balaban J connectivity index is 1.45. The number of amides is 1. The molecule has 7 nitrogen and oxygen atoms in total. The molecule has 1 spiro atoms. The van der Waals surface area contributed by atoms with Crippen LogP contribution in [0.5, 0.6) is 5.75 Å². The fourth-order valence-corrected chi connectivity index (χ4v) is 3.71. The first-order chi connectivity index (χ1) is 14.0. The van der Waals surface area contributed by atoms with Gasteiger partial charge in [-0.2, -0.15) is 0 Å². The zero-order valence-electron chi connectivity index (χ0n) is 16.9. The lowest BCUT2D eigenvalue weighted by Crippen LogP contribution is -2.47. The first-order valence-electron chi connectivity index (χ1n) is 10.1. The number of benzene rings is 1. The zero-order chi connectivity index (χ0) is 20.3. The van der Waals surface area contributed by atoms with Gasteiger partial charge in [0.05, 0.1) is 25.0 Å². The summed E-state index contributed by atoms with van der Waals surface area (Å²) in [5.41, 5.74) is 2.06. The van der Waals surface area contributed by atoms with Crippen LogP contribution in [0.25, 0.3) is 0 Å². The highest BCUT2D eigenvalue weighted by Crippen LogP contribution is 2.32. The summed E-state index contributed by atoms with van der Waals surface area (Å²) < 4.78 is 17.3. The first kappa shape index (κ1) is 19.7. The van der Waals surface area contributed by atoms with Gasteiger partial charge in [0.1, 0.15) is 11.4 Å². The summed E-state index contributed by atoms with van der Waals surface area (Å²) in [7, 11) is 0. The Morgan fingerprint density at radius 2 is 1.90 bits per heavy atom. The Morgan fingerprint density at radius 1 is 1.17 bits per heavy atom. The number of aromatic nitrogens is 1. The van der Waals surface area contributed by atoms with E-state index in [0.29, 0.717) is 44.8 Å². The van der Waals surface area contributed by atoms with Gasteiger partial charge in [0.2, 0.25) is 0 Å². The smallest absolute Gasteiger partial charge is 0.272 e. The van der Waals surface area contributed by atoms with E-state index in [4.69, 9.17) is 14.2 Å². The minimum atomic E-state index is -0.492. The van der Waals surface area contributed by atoms with Crippen molar-refractivity contribution in [2.45, 2.75) is 38.6 Å². The predicted molar refractivity (Wildman–Crippen MR) is 109 cm³/mol.